The Kier molecular flexibility index (Phi) is 2.26. The van der Waals surface area contributed by atoms with Gasteiger partial charge in [-0.15, -0.1) is 0 Å². The quantitative estimate of drug-likeness (QED) is 0.724. The lowest BCUT2D eigenvalue weighted by atomic mass is 10.1. The molecule has 3 rings (SSSR count). The molecule has 0 aliphatic heterocycles. The number of hydrogen-bond acceptors (Lipinski definition) is 3. The van der Waals surface area contributed by atoms with Crippen LogP contribution in [0.4, 0.5) is 0 Å². The Morgan fingerprint density at radius 2 is 1.78 bits per heavy atom. The maximum absolute atomic E-state index is 11.8. The Balaban J connectivity index is 2.50. The zero-order chi connectivity index (χ0) is 12.7. The summed E-state index contributed by atoms with van der Waals surface area (Å²) in [5.41, 5.74) is 1.15. The van der Waals surface area contributed by atoms with Crippen LogP contribution < -0.4 is 15.0 Å². The fraction of sp³-hybridized carbons (Fsp3) is 0.154. The summed E-state index contributed by atoms with van der Waals surface area (Å²) in [6.45, 7) is 0. The van der Waals surface area contributed by atoms with E-state index in [1.165, 1.54) is 0 Å². The van der Waals surface area contributed by atoms with Gasteiger partial charge in [-0.3, -0.25) is 4.79 Å². The predicted molar refractivity (Wildman–Crippen MR) is 69.5 cm³/mol. The maximum atomic E-state index is 11.8. The van der Waals surface area contributed by atoms with Gasteiger partial charge in [-0.2, -0.15) is 0 Å². The third-order valence-corrected chi connectivity index (χ3v) is 3.04. The molecule has 0 radical (unpaired) electrons. The molecule has 0 fully saturated rings. The first kappa shape index (κ1) is 10.7. The molecule has 2 aromatic heterocycles. The van der Waals surface area contributed by atoms with Crippen molar-refractivity contribution in [1.29, 1.82) is 0 Å². The minimum absolute atomic E-state index is 0.144. The fourth-order valence-electron chi connectivity index (χ4n) is 2.17. The first-order valence-electron chi connectivity index (χ1n) is 5.49. The highest BCUT2D eigenvalue weighted by atomic mass is 16.5. The summed E-state index contributed by atoms with van der Waals surface area (Å²) in [6.07, 6.45) is 1.75. The number of aromatic amines is 2. The molecule has 2 heterocycles. The van der Waals surface area contributed by atoms with E-state index in [2.05, 4.69) is 9.97 Å². The van der Waals surface area contributed by atoms with Crippen molar-refractivity contribution < 1.29 is 9.47 Å². The monoisotopic (exact) mass is 244 g/mol. The second kappa shape index (κ2) is 3.80. The summed E-state index contributed by atoms with van der Waals surface area (Å²) in [5, 5.41) is 1.79. The second-order valence-electron chi connectivity index (χ2n) is 3.97. The van der Waals surface area contributed by atoms with Gasteiger partial charge in [0.1, 0.15) is 5.52 Å². The Labute approximate surface area is 102 Å². The molecule has 0 saturated heterocycles. The molecule has 0 bridgehead atoms. The number of aromatic nitrogens is 2. The SMILES string of the molecule is COc1cc2[nH]c(=O)c3[nH]ccc3c2cc1OC. The van der Waals surface area contributed by atoms with Crippen LogP contribution in [0.25, 0.3) is 21.8 Å². The van der Waals surface area contributed by atoms with Gasteiger partial charge in [0.2, 0.25) is 0 Å². The molecule has 0 atom stereocenters. The highest BCUT2D eigenvalue weighted by Gasteiger charge is 2.11. The van der Waals surface area contributed by atoms with Crippen molar-refractivity contribution >= 4 is 21.8 Å². The zero-order valence-electron chi connectivity index (χ0n) is 10.0. The van der Waals surface area contributed by atoms with Gasteiger partial charge in [0.05, 0.1) is 19.7 Å². The van der Waals surface area contributed by atoms with Gasteiger partial charge >= 0.3 is 0 Å². The van der Waals surface area contributed by atoms with Crippen molar-refractivity contribution in [2.75, 3.05) is 14.2 Å². The molecule has 3 aromatic rings. The Bertz CT molecular complexity index is 786. The van der Waals surface area contributed by atoms with Gasteiger partial charge in [0.25, 0.3) is 5.56 Å². The Morgan fingerprint density at radius 1 is 1.06 bits per heavy atom. The van der Waals surface area contributed by atoms with Crippen LogP contribution >= 0.6 is 0 Å². The van der Waals surface area contributed by atoms with E-state index in [9.17, 15) is 4.79 Å². The minimum Gasteiger partial charge on any atom is -0.493 e. The van der Waals surface area contributed by atoms with E-state index in [0.717, 1.165) is 16.3 Å². The number of rotatable bonds is 2. The van der Waals surface area contributed by atoms with Crippen molar-refractivity contribution in [2.24, 2.45) is 0 Å². The molecule has 18 heavy (non-hydrogen) atoms. The highest BCUT2D eigenvalue weighted by Crippen LogP contribution is 2.33. The predicted octanol–water partition coefficient (Wildman–Crippen LogP) is 2.03. The van der Waals surface area contributed by atoms with Crippen LogP contribution in [0.1, 0.15) is 0 Å². The average Bonchev–Trinajstić information content (AvgIpc) is 2.87. The lowest BCUT2D eigenvalue weighted by molar-refractivity contribution is 0.356. The van der Waals surface area contributed by atoms with Crippen LogP contribution in [0, 0.1) is 0 Å². The largest absolute Gasteiger partial charge is 0.493 e. The molecule has 0 aliphatic carbocycles. The van der Waals surface area contributed by atoms with Crippen molar-refractivity contribution in [1.82, 2.24) is 9.97 Å². The van der Waals surface area contributed by atoms with E-state index in [-0.39, 0.29) is 5.56 Å². The molecule has 0 spiro atoms. The fourth-order valence-corrected chi connectivity index (χ4v) is 2.17. The summed E-state index contributed by atoms with van der Waals surface area (Å²) in [4.78, 5) is 17.6. The summed E-state index contributed by atoms with van der Waals surface area (Å²) < 4.78 is 10.5. The molecule has 2 N–H and O–H groups in total. The second-order valence-corrected chi connectivity index (χ2v) is 3.97. The summed E-state index contributed by atoms with van der Waals surface area (Å²) in [5.74, 6) is 1.23. The standard InChI is InChI=1S/C13H12N2O3/c1-17-10-5-8-7-3-4-14-12(7)13(16)15-9(8)6-11(10)18-2/h3-6,14H,1-2H3,(H,15,16). The van der Waals surface area contributed by atoms with Gasteiger partial charge in [-0.05, 0) is 12.1 Å². The van der Waals surface area contributed by atoms with Crippen molar-refractivity contribution in [2.45, 2.75) is 0 Å². The molecule has 0 aliphatic rings. The smallest absolute Gasteiger partial charge is 0.272 e. The molecule has 0 saturated carbocycles. The number of H-pyrrole nitrogens is 2. The summed E-state index contributed by atoms with van der Waals surface area (Å²) in [6, 6.07) is 5.50. The Morgan fingerprint density at radius 3 is 2.50 bits per heavy atom. The van der Waals surface area contributed by atoms with E-state index >= 15 is 0 Å². The highest BCUT2D eigenvalue weighted by molar-refractivity contribution is 6.05. The lowest BCUT2D eigenvalue weighted by Gasteiger charge is -2.09. The number of nitrogens with one attached hydrogen (secondary N) is 2. The van der Waals surface area contributed by atoms with Crippen molar-refractivity contribution in [3.8, 4) is 11.5 Å². The number of fused-ring (bicyclic) bond motifs is 3. The topological polar surface area (TPSA) is 67.1 Å². The van der Waals surface area contributed by atoms with E-state index in [1.807, 2.05) is 12.1 Å². The minimum atomic E-state index is -0.144. The number of ether oxygens (including phenoxy) is 2. The molecule has 92 valence electrons. The van der Waals surface area contributed by atoms with Crippen LogP contribution in [0.5, 0.6) is 11.5 Å². The first-order chi connectivity index (χ1) is 8.74. The van der Waals surface area contributed by atoms with Crippen LogP contribution in [-0.2, 0) is 0 Å². The molecule has 0 unspecified atom stereocenters. The molecule has 0 amide bonds. The number of hydrogen-bond donors (Lipinski definition) is 2. The van der Waals surface area contributed by atoms with E-state index in [1.54, 1.807) is 26.5 Å². The third-order valence-electron chi connectivity index (χ3n) is 3.04. The van der Waals surface area contributed by atoms with Gasteiger partial charge in [-0.1, -0.05) is 0 Å². The molecule has 5 nitrogen and oxygen atoms in total. The van der Waals surface area contributed by atoms with Gasteiger partial charge in [-0.25, -0.2) is 0 Å². The van der Waals surface area contributed by atoms with Gasteiger partial charge in [0.15, 0.2) is 11.5 Å². The van der Waals surface area contributed by atoms with E-state index in [4.69, 9.17) is 9.47 Å². The zero-order valence-corrected chi connectivity index (χ0v) is 10.0. The lowest BCUT2D eigenvalue weighted by Crippen LogP contribution is -2.06. The normalized spacial score (nSPS) is 11.0. The molecule has 5 heteroatoms. The molecular formula is C13H12N2O3. The molecule has 1 aromatic carbocycles. The van der Waals surface area contributed by atoms with E-state index < -0.39 is 0 Å². The van der Waals surface area contributed by atoms with Gasteiger partial charge < -0.3 is 19.4 Å². The number of benzene rings is 1. The van der Waals surface area contributed by atoms with Crippen LogP contribution in [0.3, 0.4) is 0 Å². The summed E-state index contributed by atoms with van der Waals surface area (Å²) >= 11 is 0. The van der Waals surface area contributed by atoms with E-state index in [0.29, 0.717) is 17.0 Å². The number of methoxy groups -OCH3 is 2. The van der Waals surface area contributed by atoms with Crippen LogP contribution in [0.15, 0.2) is 29.2 Å². The van der Waals surface area contributed by atoms with Crippen LogP contribution in [0.2, 0.25) is 0 Å². The number of pyridine rings is 1. The Hall–Kier alpha value is -2.43. The van der Waals surface area contributed by atoms with Crippen molar-refractivity contribution in [3.63, 3.8) is 0 Å². The maximum Gasteiger partial charge on any atom is 0.272 e. The first-order valence-corrected chi connectivity index (χ1v) is 5.49. The van der Waals surface area contributed by atoms with Gasteiger partial charge in [0, 0.05) is 23.0 Å². The summed E-state index contributed by atoms with van der Waals surface area (Å²) in [7, 11) is 3.15. The van der Waals surface area contributed by atoms with Crippen LogP contribution in [-0.4, -0.2) is 24.2 Å². The average molecular weight is 244 g/mol. The third kappa shape index (κ3) is 1.37. The molecular weight excluding hydrogens is 232 g/mol. The van der Waals surface area contributed by atoms with Crippen molar-refractivity contribution in [3.05, 3.63) is 34.7 Å².